The maximum atomic E-state index is 11.6. The minimum absolute atomic E-state index is 0.115. The predicted molar refractivity (Wildman–Crippen MR) is 105 cm³/mol. The number of rotatable bonds is 19. The molecule has 0 radical (unpaired) electrons. The second kappa shape index (κ2) is 19.1. The van der Waals surface area contributed by atoms with Gasteiger partial charge >= 0.3 is 5.97 Å². The number of esters is 1. The largest absolute Gasteiger partial charge is 0.466 e. The van der Waals surface area contributed by atoms with Gasteiger partial charge in [-0.1, -0.05) is 46.0 Å². The zero-order valence-corrected chi connectivity index (χ0v) is 17.6. The highest BCUT2D eigenvalue weighted by Gasteiger charge is 2.03. The highest BCUT2D eigenvalue weighted by atomic mass is 16.5. The fraction of sp³-hybridized carbons (Fsp3) is 0.952. The first kappa shape index (κ1) is 25.4. The molecule has 0 N–H and O–H groups in total. The van der Waals surface area contributed by atoms with Gasteiger partial charge in [-0.05, 0) is 32.6 Å². The summed E-state index contributed by atoms with van der Waals surface area (Å²) in [6.45, 7) is 12.0. The number of ether oxygens (including phenoxy) is 4. The molecule has 0 bridgehead atoms. The molecular formula is C21H42O5. The highest BCUT2D eigenvalue weighted by Crippen LogP contribution is 2.10. The lowest BCUT2D eigenvalue weighted by Crippen LogP contribution is -2.13. The summed E-state index contributed by atoms with van der Waals surface area (Å²) in [6, 6.07) is 0. The average molecular weight is 375 g/mol. The van der Waals surface area contributed by atoms with Gasteiger partial charge in [0, 0.05) is 13.0 Å². The first-order valence-corrected chi connectivity index (χ1v) is 10.4. The van der Waals surface area contributed by atoms with Gasteiger partial charge in [-0.15, -0.1) is 0 Å². The molecule has 0 atom stereocenters. The minimum Gasteiger partial charge on any atom is -0.466 e. The van der Waals surface area contributed by atoms with Gasteiger partial charge in [-0.25, -0.2) is 0 Å². The molecule has 0 fully saturated rings. The molecule has 5 heteroatoms. The van der Waals surface area contributed by atoms with E-state index in [1.807, 2.05) is 13.8 Å². The molecule has 0 aromatic rings. The summed E-state index contributed by atoms with van der Waals surface area (Å²) >= 11 is 0. The van der Waals surface area contributed by atoms with Gasteiger partial charge in [0.25, 0.3) is 0 Å². The molecule has 0 heterocycles. The van der Waals surface area contributed by atoms with Gasteiger partial charge in [-0.3, -0.25) is 4.79 Å². The van der Waals surface area contributed by atoms with E-state index in [4.69, 9.17) is 18.9 Å². The van der Waals surface area contributed by atoms with Crippen LogP contribution in [0.1, 0.15) is 79.1 Å². The third-order valence-corrected chi connectivity index (χ3v) is 3.91. The fourth-order valence-corrected chi connectivity index (χ4v) is 2.43. The van der Waals surface area contributed by atoms with Crippen molar-refractivity contribution in [2.45, 2.75) is 85.2 Å². The predicted octanol–water partition coefficient (Wildman–Crippen LogP) is 4.76. The molecule has 0 aromatic carbocycles. The third-order valence-electron chi connectivity index (χ3n) is 3.91. The van der Waals surface area contributed by atoms with Gasteiger partial charge in [-0.2, -0.15) is 0 Å². The van der Waals surface area contributed by atoms with Gasteiger partial charge in [0.05, 0.1) is 39.1 Å². The van der Waals surface area contributed by atoms with Crippen LogP contribution in [0.25, 0.3) is 0 Å². The van der Waals surface area contributed by atoms with Crippen molar-refractivity contribution in [3.63, 3.8) is 0 Å². The molecule has 156 valence electrons. The molecule has 0 aliphatic heterocycles. The molecule has 0 amide bonds. The number of unbranched alkanes of at least 4 members (excludes halogenated alkanes) is 4. The van der Waals surface area contributed by atoms with Crippen LogP contribution < -0.4 is 0 Å². The van der Waals surface area contributed by atoms with Gasteiger partial charge in [0.15, 0.2) is 0 Å². The van der Waals surface area contributed by atoms with E-state index in [2.05, 4.69) is 13.8 Å². The van der Waals surface area contributed by atoms with Crippen molar-refractivity contribution in [3.05, 3.63) is 0 Å². The smallest absolute Gasteiger partial charge is 0.305 e. The van der Waals surface area contributed by atoms with Crippen molar-refractivity contribution >= 4 is 5.97 Å². The Morgan fingerprint density at radius 3 is 2.00 bits per heavy atom. The Bertz CT molecular complexity index is 305. The Labute approximate surface area is 161 Å². The van der Waals surface area contributed by atoms with E-state index in [-0.39, 0.29) is 12.1 Å². The van der Waals surface area contributed by atoms with Crippen molar-refractivity contribution in [2.75, 3.05) is 39.6 Å². The summed E-state index contributed by atoms with van der Waals surface area (Å²) in [4.78, 5) is 11.6. The molecule has 0 saturated heterocycles. The van der Waals surface area contributed by atoms with Crippen molar-refractivity contribution in [1.29, 1.82) is 0 Å². The van der Waals surface area contributed by atoms with Crippen LogP contribution in [0, 0.1) is 5.92 Å². The second-order valence-corrected chi connectivity index (χ2v) is 7.42. The van der Waals surface area contributed by atoms with E-state index in [1.165, 1.54) is 25.7 Å². The van der Waals surface area contributed by atoms with Crippen molar-refractivity contribution in [3.8, 4) is 0 Å². The van der Waals surface area contributed by atoms with Gasteiger partial charge in [0.2, 0.25) is 0 Å². The van der Waals surface area contributed by atoms with E-state index < -0.39 is 0 Å². The second-order valence-electron chi connectivity index (χ2n) is 7.42. The highest BCUT2D eigenvalue weighted by molar-refractivity contribution is 5.69. The van der Waals surface area contributed by atoms with Crippen LogP contribution in [0.15, 0.2) is 0 Å². The Morgan fingerprint density at radius 1 is 0.692 bits per heavy atom. The molecule has 0 spiro atoms. The number of hydrogen-bond acceptors (Lipinski definition) is 5. The topological polar surface area (TPSA) is 54.0 Å². The van der Waals surface area contributed by atoms with Gasteiger partial charge in [0.1, 0.15) is 0 Å². The normalized spacial score (nSPS) is 11.5. The quantitative estimate of drug-likeness (QED) is 0.241. The fourth-order valence-electron chi connectivity index (χ4n) is 2.43. The van der Waals surface area contributed by atoms with Crippen LogP contribution in [-0.4, -0.2) is 51.7 Å². The standard InChI is InChI=1S/C21H42O5/c1-19(2)11-8-6-5-7-9-14-26-21(22)12-10-13-23-15-16-24-17-18-25-20(3)4/h19-20H,5-18H2,1-4H3. The van der Waals surface area contributed by atoms with Crippen LogP contribution >= 0.6 is 0 Å². The van der Waals surface area contributed by atoms with E-state index >= 15 is 0 Å². The maximum absolute atomic E-state index is 11.6. The Hall–Kier alpha value is -0.650. The van der Waals surface area contributed by atoms with E-state index in [1.54, 1.807) is 0 Å². The summed E-state index contributed by atoms with van der Waals surface area (Å²) in [5, 5.41) is 0. The summed E-state index contributed by atoms with van der Waals surface area (Å²) < 4.78 is 21.4. The SMILES string of the molecule is CC(C)CCCCCCCOC(=O)CCCOCCOCCOC(C)C. The van der Waals surface area contributed by atoms with E-state index in [0.29, 0.717) is 52.5 Å². The molecule has 26 heavy (non-hydrogen) atoms. The summed E-state index contributed by atoms with van der Waals surface area (Å²) in [5.74, 6) is 0.687. The first-order chi connectivity index (χ1) is 12.5. The number of hydrogen-bond donors (Lipinski definition) is 0. The lowest BCUT2D eigenvalue weighted by molar-refractivity contribution is -0.144. The zero-order chi connectivity index (χ0) is 19.5. The zero-order valence-electron chi connectivity index (χ0n) is 17.6. The van der Waals surface area contributed by atoms with Crippen molar-refractivity contribution < 1.29 is 23.7 Å². The molecular weight excluding hydrogens is 332 g/mol. The number of carbonyl (C=O) groups excluding carboxylic acids is 1. The molecule has 0 unspecified atom stereocenters. The lowest BCUT2D eigenvalue weighted by atomic mass is 10.0. The van der Waals surface area contributed by atoms with Crippen molar-refractivity contribution in [1.82, 2.24) is 0 Å². The third kappa shape index (κ3) is 21.4. The molecule has 0 aliphatic carbocycles. The van der Waals surface area contributed by atoms with Crippen LogP contribution in [0.5, 0.6) is 0 Å². The average Bonchev–Trinajstić information content (AvgIpc) is 2.58. The summed E-state index contributed by atoms with van der Waals surface area (Å²) in [5.41, 5.74) is 0. The molecule has 0 rings (SSSR count). The molecule has 5 nitrogen and oxygen atoms in total. The summed E-state index contributed by atoms with van der Waals surface area (Å²) in [6.07, 6.45) is 8.65. The van der Waals surface area contributed by atoms with Crippen LogP contribution in [-0.2, 0) is 23.7 Å². The van der Waals surface area contributed by atoms with Gasteiger partial charge < -0.3 is 18.9 Å². The minimum atomic E-state index is -0.115. The first-order valence-electron chi connectivity index (χ1n) is 10.4. The van der Waals surface area contributed by atoms with Crippen molar-refractivity contribution in [2.24, 2.45) is 5.92 Å². The molecule has 0 aromatic heterocycles. The van der Waals surface area contributed by atoms with E-state index in [0.717, 1.165) is 18.8 Å². The molecule has 0 saturated carbocycles. The molecule has 0 aliphatic rings. The van der Waals surface area contributed by atoms with E-state index in [9.17, 15) is 4.79 Å². The Morgan fingerprint density at radius 2 is 1.31 bits per heavy atom. The number of carbonyl (C=O) groups is 1. The lowest BCUT2D eigenvalue weighted by Gasteiger charge is -2.08. The monoisotopic (exact) mass is 374 g/mol. The maximum Gasteiger partial charge on any atom is 0.305 e. The Balaban J connectivity index is 3.18. The van der Waals surface area contributed by atoms with Crippen LogP contribution in [0.2, 0.25) is 0 Å². The Kier molecular flexibility index (Phi) is 18.6. The summed E-state index contributed by atoms with van der Waals surface area (Å²) in [7, 11) is 0. The van der Waals surface area contributed by atoms with Crippen LogP contribution in [0.3, 0.4) is 0 Å². The van der Waals surface area contributed by atoms with Crippen LogP contribution in [0.4, 0.5) is 0 Å².